The molecule has 3 rings (SSSR count). The molecule has 1 aliphatic carbocycles. The molecule has 0 spiro atoms. The van der Waals surface area contributed by atoms with E-state index in [2.05, 4.69) is 15.2 Å². The van der Waals surface area contributed by atoms with Crippen molar-refractivity contribution >= 4 is 17.5 Å². The lowest BCUT2D eigenvalue weighted by atomic mass is 10.1. The quantitative estimate of drug-likeness (QED) is 0.671. The fraction of sp³-hybridized carbons (Fsp3) is 0.357. The number of benzene rings is 1. The van der Waals surface area contributed by atoms with Gasteiger partial charge < -0.3 is 0 Å². The summed E-state index contributed by atoms with van der Waals surface area (Å²) >= 11 is 1.62. The Labute approximate surface area is 116 Å². The van der Waals surface area contributed by atoms with Crippen molar-refractivity contribution in [3.8, 4) is 0 Å². The van der Waals surface area contributed by atoms with Gasteiger partial charge in [0.05, 0.1) is 0 Å². The Kier molecular flexibility index (Phi) is 3.38. The van der Waals surface area contributed by atoms with E-state index in [0.29, 0.717) is 5.92 Å². The molecule has 0 radical (unpaired) electrons. The van der Waals surface area contributed by atoms with E-state index in [4.69, 9.17) is 0 Å². The number of H-pyrrole nitrogens is 1. The van der Waals surface area contributed by atoms with Crippen LogP contribution in [-0.2, 0) is 5.75 Å². The van der Waals surface area contributed by atoms with Gasteiger partial charge in [0.15, 0.2) is 5.78 Å². The molecule has 0 atom stereocenters. The molecule has 1 fully saturated rings. The van der Waals surface area contributed by atoms with E-state index in [1.165, 1.54) is 18.4 Å². The van der Waals surface area contributed by atoms with Gasteiger partial charge in [-0.25, -0.2) is 4.98 Å². The minimum absolute atomic E-state index is 0.0993. The molecule has 4 nitrogen and oxygen atoms in total. The third-order valence-electron chi connectivity index (χ3n) is 3.17. The van der Waals surface area contributed by atoms with Gasteiger partial charge in [-0.3, -0.25) is 9.89 Å². The highest BCUT2D eigenvalue weighted by Crippen LogP contribution is 2.38. The monoisotopic (exact) mass is 273 g/mol. The molecular formula is C14H15N3OS. The second kappa shape index (κ2) is 5.17. The average Bonchev–Trinajstić information content (AvgIpc) is 3.16. The summed E-state index contributed by atoms with van der Waals surface area (Å²) in [5, 5.41) is 8.02. The van der Waals surface area contributed by atoms with Crippen LogP contribution in [0.1, 0.15) is 47.4 Å². The Morgan fingerprint density at radius 3 is 2.74 bits per heavy atom. The summed E-state index contributed by atoms with van der Waals surface area (Å²) in [6.07, 6.45) is 2.46. The largest absolute Gasteiger partial charge is 0.295 e. The summed E-state index contributed by atoms with van der Waals surface area (Å²) in [4.78, 5) is 15.7. The maximum absolute atomic E-state index is 11.2. The third kappa shape index (κ3) is 3.04. The molecule has 0 bridgehead atoms. The number of rotatable bonds is 5. The Hall–Kier alpha value is -1.62. The second-order valence-electron chi connectivity index (χ2n) is 4.82. The second-order valence-corrected chi connectivity index (χ2v) is 5.76. The first kappa shape index (κ1) is 12.4. The summed E-state index contributed by atoms with van der Waals surface area (Å²) in [5.74, 6) is 2.55. The van der Waals surface area contributed by atoms with Gasteiger partial charge in [-0.1, -0.05) is 36.0 Å². The van der Waals surface area contributed by atoms with Gasteiger partial charge in [0, 0.05) is 17.2 Å². The molecule has 0 saturated heterocycles. The SMILES string of the molecule is CC(=O)c1ccc(CSc2n[nH]c(C3CC3)n2)cc1. The number of thioether (sulfide) groups is 1. The smallest absolute Gasteiger partial charge is 0.208 e. The topological polar surface area (TPSA) is 58.6 Å². The highest BCUT2D eigenvalue weighted by atomic mass is 32.2. The molecular weight excluding hydrogens is 258 g/mol. The number of nitrogens with zero attached hydrogens (tertiary/aromatic N) is 2. The number of carbonyl (C=O) groups excluding carboxylic acids is 1. The van der Waals surface area contributed by atoms with Crippen LogP contribution >= 0.6 is 11.8 Å². The van der Waals surface area contributed by atoms with Gasteiger partial charge in [0.1, 0.15) is 5.82 Å². The fourth-order valence-electron chi connectivity index (χ4n) is 1.85. The van der Waals surface area contributed by atoms with Crippen molar-refractivity contribution in [3.05, 3.63) is 41.2 Å². The zero-order valence-corrected chi connectivity index (χ0v) is 11.5. The maximum Gasteiger partial charge on any atom is 0.208 e. The van der Waals surface area contributed by atoms with E-state index < -0.39 is 0 Å². The average molecular weight is 273 g/mol. The number of aromatic amines is 1. The number of hydrogen-bond acceptors (Lipinski definition) is 4. The van der Waals surface area contributed by atoms with Crippen LogP contribution in [0.3, 0.4) is 0 Å². The summed E-state index contributed by atoms with van der Waals surface area (Å²) < 4.78 is 0. The summed E-state index contributed by atoms with van der Waals surface area (Å²) in [6, 6.07) is 7.70. The van der Waals surface area contributed by atoms with Crippen LogP contribution in [0, 0.1) is 0 Å². The highest BCUT2D eigenvalue weighted by molar-refractivity contribution is 7.98. The van der Waals surface area contributed by atoms with Crippen LogP contribution in [0.5, 0.6) is 0 Å². The molecule has 98 valence electrons. The lowest BCUT2D eigenvalue weighted by Crippen LogP contribution is -1.91. The van der Waals surface area contributed by atoms with E-state index in [1.54, 1.807) is 18.7 Å². The molecule has 0 aliphatic heterocycles. The molecule has 1 heterocycles. The third-order valence-corrected chi connectivity index (χ3v) is 4.09. The first-order chi connectivity index (χ1) is 9.22. The number of nitrogens with one attached hydrogen (secondary N) is 1. The van der Waals surface area contributed by atoms with Crippen molar-refractivity contribution in [3.63, 3.8) is 0 Å². The molecule has 19 heavy (non-hydrogen) atoms. The van der Waals surface area contributed by atoms with E-state index in [0.717, 1.165) is 22.3 Å². The van der Waals surface area contributed by atoms with Crippen molar-refractivity contribution in [2.45, 2.75) is 36.6 Å². The minimum atomic E-state index is 0.0993. The summed E-state index contributed by atoms with van der Waals surface area (Å²) in [6.45, 7) is 1.58. The lowest BCUT2D eigenvalue weighted by Gasteiger charge is -2.00. The van der Waals surface area contributed by atoms with Gasteiger partial charge in [-0.2, -0.15) is 0 Å². The molecule has 1 N–H and O–H groups in total. The highest BCUT2D eigenvalue weighted by Gasteiger charge is 2.27. The Bertz CT molecular complexity index is 587. The van der Waals surface area contributed by atoms with Crippen LogP contribution in [0.15, 0.2) is 29.4 Å². The molecule has 1 aromatic carbocycles. The van der Waals surface area contributed by atoms with Crippen LogP contribution in [-0.4, -0.2) is 21.0 Å². The Balaban J connectivity index is 1.59. The number of ketones is 1. The molecule has 1 aliphatic rings. The van der Waals surface area contributed by atoms with Gasteiger partial charge >= 0.3 is 0 Å². The Morgan fingerprint density at radius 2 is 2.11 bits per heavy atom. The number of carbonyl (C=O) groups is 1. The summed E-state index contributed by atoms with van der Waals surface area (Å²) in [5.41, 5.74) is 1.93. The number of hydrogen-bond donors (Lipinski definition) is 1. The number of Topliss-reactive ketones (excluding diaryl/α,β-unsaturated/α-hetero) is 1. The van der Waals surface area contributed by atoms with Gasteiger partial charge in [0.2, 0.25) is 5.16 Å². The normalized spacial score (nSPS) is 14.6. The molecule has 0 amide bonds. The van der Waals surface area contributed by atoms with Crippen LogP contribution < -0.4 is 0 Å². The van der Waals surface area contributed by atoms with Crippen molar-refractivity contribution in [1.82, 2.24) is 15.2 Å². The zero-order chi connectivity index (χ0) is 13.2. The minimum Gasteiger partial charge on any atom is -0.295 e. The van der Waals surface area contributed by atoms with Gasteiger partial charge in [0.25, 0.3) is 0 Å². The van der Waals surface area contributed by atoms with E-state index >= 15 is 0 Å². The van der Waals surface area contributed by atoms with E-state index in [9.17, 15) is 4.79 Å². The van der Waals surface area contributed by atoms with Crippen molar-refractivity contribution < 1.29 is 4.79 Å². The Morgan fingerprint density at radius 1 is 1.37 bits per heavy atom. The lowest BCUT2D eigenvalue weighted by molar-refractivity contribution is 0.101. The molecule has 1 aromatic heterocycles. The van der Waals surface area contributed by atoms with Crippen molar-refractivity contribution in [2.75, 3.05) is 0 Å². The van der Waals surface area contributed by atoms with Gasteiger partial charge in [-0.15, -0.1) is 5.10 Å². The van der Waals surface area contributed by atoms with Crippen molar-refractivity contribution in [1.29, 1.82) is 0 Å². The number of aromatic nitrogens is 3. The fourth-order valence-corrected chi connectivity index (χ4v) is 2.61. The molecule has 2 aromatic rings. The predicted molar refractivity (Wildman–Crippen MR) is 74.4 cm³/mol. The van der Waals surface area contributed by atoms with Crippen LogP contribution in [0.4, 0.5) is 0 Å². The molecule has 1 saturated carbocycles. The summed E-state index contributed by atoms with van der Waals surface area (Å²) in [7, 11) is 0. The van der Waals surface area contributed by atoms with E-state index in [-0.39, 0.29) is 5.78 Å². The molecule has 0 unspecified atom stereocenters. The van der Waals surface area contributed by atoms with Crippen LogP contribution in [0.2, 0.25) is 0 Å². The maximum atomic E-state index is 11.2. The molecule has 5 heteroatoms. The zero-order valence-electron chi connectivity index (χ0n) is 10.7. The first-order valence-corrected chi connectivity index (χ1v) is 7.36. The van der Waals surface area contributed by atoms with Crippen LogP contribution in [0.25, 0.3) is 0 Å². The predicted octanol–water partition coefficient (Wildman–Crippen LogP) is 3.18. The van der Waals surface area contributed by atoms with E-state index in [1.807, 2.05) is 24.3 Å². The van der Waals surface area contributed by atoms with Gasteiger partial charge in [-0.05, 0) is 25.3 Å². The standard InChI is InChI=1S/C14H15N3OS/c1-9(18)11-4-2-10(3-5-11)8-19-14-15-13(16-17-14)12-6-7-12/h2-5,12H,6-8H2,1H3,(H,15,16,17). The van der Waals surface area contributed by atoms with Crippen molar-refractivity contribution in [2.24, 2.45) is 0 Å². The first-order valence-electron chi connectivity index (χ1n) is 6.37.